The second-order valence-corrected chi connectivity index (χ2v) is 5.52. The summed E-state index contributed by atoms with van der Waals surface area (Å²) in [5, 5.41) is 3.50. The van der Waals surface area contributed by atoms with Gasteiger partial charge >= 0.3 is 0 Å². The maximum Gasteiger partial charge on any atom is 0.0761 e. The Morgan fingerprint density at radius 3 is 2.26 bits per heavy atom. The summed E-state index contributed by atoms with van der Waals surface area (Å²) in [6.07, 6.45) is 1.80. The number of nitrogens with one attached hydrogen (secondary N) is 1. The second-order valence-electron chi connectivity index (χ2n) is 4.27. The van der Waals surface area contributed by atoms with Crippen molar-refractivity contribution in [3.8, 4) is 0 Å². The third kappa shape index (κ3) is 3.70. The van der Waals surface area contributed by atoms with Crippen LogP contribution in [0.25, 0.3) is 0 Å². The number of halogens is 1. The molecule has 2 aromatic carbocycles. The minimum atomic E-state index is 0.0544. The number of rotatable bonds is 5. The Kier molecular flexibility index (Phi) is 4.80. The van der Waals surface area contributed by atoms with Gasteiger partial charge in [-0.05, 0) is 58.0 Å². The van der Waals surface area contributed by atoms with Crippen molar-refractivity contribution < 1.29 is 0 Å². The molecule has 2 heteroatoms. The molecule has 0 radical (unpaired) electrons. The van der Waals surface area contributed by atoms with Gasteiger partial charge in [-0.25, -0.2) is 0 Å². The predicted octanol–water partition coefficient (Wildman–Crippen LogP) is 5.19. The summed E-state index contributed by atoms with van der Waals surface area (Å²) in [5.41, 5.74) is 3.23. The topological polar surface area (TPSA) is 12.0 Å². The molecule has 2 aromatic rings. The molecule has 0 saturated carbocycles. The van der Waals surface area contributed by atoms with E-state index in [9.17, 15) is 0 Å². The summed E-state index contributed by atoms with van der Waals surface area (Å²) < 4.78 is 1.22. The number of hydrogen-bond acceptors (Lipinski definition) is 1. The van der Waals surface area contributed by atoms with Crippen molar-refractivity contribution in [1.29, 1.82) is 0 Å². The van der Waals surface area contributed by atoms with Crippen LogP contribution >= 0.6 is 22.6 Å². The molecular formula is C17H16IN. The van der Waals surface area contributed by atoms with Crippen LogP contribution in [0.3, 0.4) is 0 Å². The molecule has 0 aromatic heterocycles. The van der Waals surface area contributed by atoms with E-state index in [1.54, 1.807) is 6.08 Å². The van der Waals surface area contributed by atoms with Crippen LogP contribution in [0.15, 0.2) is 79.4 Å². The van der Waals surface area contributed by atoms with Crippen LogP contribution in [0.1, 0.15) is 11.6 Å². The lowest BCUT2D eigenvalue weighted by molar-refractivity contribution is 0.944. The molecule has 1 N–H and O–H groups in total. The summed E-state index contributed by atoms with van der Waals surface area (Å²) in [7, 11) is 0. The van der Waals surface area contributed by atoms with Gasteiger partial charge in [0.2, 0.25) is 0 Å². The molecule has 0 aliphatic carbocycles. The minimum absolute atomic E-state index is 0.0544. The molecule has 0 bridgehead atoms. The number of hydrogen-bond donors (Lipinski definition) is 1. The Labute approximate surface area is 128 Å². The van der Waals surface area contributed by atoms with Crippen LogP contribution in [0.4, 0.5) is 5.69 Å². The zero-order valence-electron chi connectivity index (χ0n) is 10.6. The first-order chi connectivity index (χ1) is 9.20. The first-order valence-electron chi connectivity index (χ1n) is 6.09. The van der Waals surface area contributed by atoms with Crippen molar-refractivity contribution in [2.45, 2.75) is 6.04 Å². The standard InChI is InChI=1S/C17H16IN/c1-3-13(2)17(14-7-5-4-6-8-14)19-16-11-9-15(18)10-12-16/h3-12,17,19H,1-2H2. The lowest BCUT2D eigenvalue weighted by Gasteiger charge is -2.21. The van der Waals surface area contributed by atoms with Crippen LogP contribution in [0, 0.1) is 3.57 Å². The summed E-state index contributed by atoms with van der Waals surface area (Å²) in [6, 6.07) is 18.7. The zero-order chi connectivity index (χ0) is 13.7. The van der Waals surface area contributed by atoms with Gasteiger partial charge in [-0.2, -0.15) is 0 Å². The van der Waals surface area contributed by atoms with Crippen LogP contribution in [-0.4, -0.2) is 0 Å². The first-order valence-corrected chi connectivity index (χ1v) is 7.17. The highest BCUT2D eigenvalue weighted by atomic mass is 127. The summed E-state index contributed by atoms with van der Waals surface area (Å²) in [4.78, 5) is 0. The van der Waals surface area contributed by atoms with Gasteiger partial charge in [-0.3, -0.25) is 0 Å². The highest BCUT2D eigenvalue weighted by Crippen LogP contribution is 2.26. The molecule has 1 nitrogen and oxygen atoms in total. The van der Waals surface area contributed by atoms with Crippen molar-refractivity contribution in [2.75, 3.05) is 5.32 Å². The fraction of sp³-hybridized carbons (Fsp3) is 0.0588. The lowest BCUT2D eigenvalue weighted by Crippen LogP contribution is -2.11. The largest absolute Gasteiger partial charge is 0.374 e. The van der Waals surface area contributed by atoms with E-state index in [0.29, 0.717) is 0 Å². The first kappa shape index (κ1) is 13.9. The molecule has 19 heavy (non-hydrogen) atoms. The Bertz CT molecular complexity index is 558. The Morgan fingerprint density at radius 1 is 1.05 bits per heavy atom. The van der Waals surface area contributed by atoms with Gasteiger partial charge in [0.1, 0.15) is 0 Å². The molecule has 96 valence electrons. The van der Waals surface area contributed by atoms with Crippen molar-refractivity contribution >= 4 is 28.3 Å². The molecule has 0 amide bonds. The van der Waals surface area contributed by atoms with E-state index in [1.165, 1.54) is 9.13 Å². The van der Waals surface area contributed by atoms with Gasteiger partial charge in [0, 0.05) is 9.26 Å². The highest BCUT2D eigenvalue weighted by molar-refractivity contribution is 14.1. The van der Waals surface area contributed by atoms with E-state index < -0.39 is 0 Å². The fourth-order valence-corrected chi connectivity index (χ4v) is 2.23. The third-order valence-corrected chi connectivity index (χ3v) is 3.64. The average molecular weight is 361 g/mol. The molecule has 0 spiro atoms. The summed E-state index contributed by atoms with van der Waals surface area (Å²) in [6.45, 7) is 7.90. The smallest absolute Gasteiger partial charge is 0.0761 e. The maximum absolute atomic E-state index is 4.08. The molecule has 0 saturated heterocycles. The molecule has 0 aliphatic heterocycles. The van der Waals surface area contributed by atoms with Crippen LogP contribution in [0.2, 0.25) is 0 Å². The molecule has 2 rings (SSSR count). The maximum atomic E-state index is 4.08. The van der Waals surface area contributed by atoms with Crippen molar-refractivity contribution in [2.24, 2.45) is 0 Å². The number of anilines is 1. The van der Waals surface area contributed by atoms with Crippen LogP contribution in [0.5, 0.6) is 0 Å². The van der Waals surface area contributed by atoms with Crippen LogP contribution in [-0.2, 0) is 0 Å². The zero-order valence-corrected chi connectivity index (χ0v) is 12.8. The highest BCUT2D eigenvalue weighted by Gasteiger charge is 2.12. The molecular weight excluding hydrogens is 345 g/mol. The third-order valence-electron chi connectivity index (χ3n) is 2.92. The van der Waals surface area contributed by atoms with Gasteiger partial charge in [-0.15, -0.1) is 0 Å². The van der Waals surface area contributed by atoms with E-state index in [2.05, 4.69) is 77.5 Å². The Hall–Kier alpha value is -1.55. The Morgan fingerprint density at radius 2 is 1.68 bits per heavy atom. The van der Waals surface area contributed by atoms with Gasteiger partial charge in [-0.1, -0.05) is 49.6 Å². The minimum Gasteiger partial charge on any atom is -0.374 e. The van der Waals surface area contributed by atoms with E-state index in [-0.39, 0.29) is 6.04 Å². The van der Waals surface area contributed by atoms with Gasteiger partial charge < -0.3 is 5.32 Å². The molecule has 1 unspecified atom stereocenters. The molecule has 0 fully saturated rings. The average Bonchev–Trinajstić information content (AvgIpc) is 2.47. The Balaban J connectivity index is 2.26. The van der Waals surface area contributed by atoms with Crippen molar-refractivity contribution in [1.82, 2.24) is 0 Å². The summed E-state index contributed by atoms with van der Waals surface area (Å²) >= 11 is 2.30. The lowest BCUT2D eigenvalue weighted by atomic mass is 9.99. The van der Waals surface area contributed by atoms with Crippen molar-refractivity contribution in [3.63, 3.8) is 0 Å². The van der Waals surface area contributed by atoms with E-state index in [1.807, 2.05) is 18.2 Å². The van der Waals surface area contributed by atoms with E-state index in [4.69, 9.17) is 0 Å². The molecule has 1 atom stereocenters. The van der Waals surface area contributed by atoms with E-state index in [0.717, 1.165) is 11.3 Å². The van der Waals surface area contributed by atoms with Gasteiger partial charge in [0.05, 0.1) is 6.04 Å². The quantitative estimate of drug-likeness (QED) is 0.571. The predicted molar refractivity (Wildman–Crippen MR) is 91.3 cm³/mol. The fourth-order valence-electron chi connectivity index (χ4n) is 1.87. The van der Waals surface area contributed by atoms with Gasteiger partial charge in [0.15, 0.2) is 0 Å². The van der Waals surface area contributed by atoms with E-state index >= 15 is 0 Å². The number of benzene rings is 2. The molecule has 0 aliphatic rings. The second kappa shape index (κ2) is 6.57. The molecule has 0 heterocycles. The van der Waals surface area contributed by atoms with Crippen LogP contribution < -0.4 is 5.32 Å². The SMILES string of the molecule is C=CC(=C)C(Nc1ccc(I)cc1)c1ccccc1. The van der Waals surface area contributed by atoms with Crippen molar-refractivity contribution in [3.05, 3.63) is 88.5 Å². The monoisotopic (exact) mass is 361 g/mol. The normalized spacial score (nSPS) is 11.6. The van der Waals surface area contributed by atoms with Gasteiger partial charge in [0.25, 0.3) is 0 Å². The summed E-state index contributed by atoms with van der Waals surface area (Å²) in [5.74, 6) is 0.